The van der Waals surface area contributed by atoms with E-state index in [2.05, 4.69) is 10.6 Å². The summed E-state index contributed by atoms with van der Waals surface area (Å²) in [6.45, 7) is 6.21. The molecule has 7 nitrogen and oxygen atoms in total. The maximum absolute atomic E-state index is 14.7. The Balaban J connectivity index is 1.60. The number of anilines is 1. The number of ether oxygens (including phenoxy) is 1. The van der Waals surface area contributed by atoms with Gasteiger partial charge in [0.25, 0.3) is 0 Å². The van der Waals surface area contributed by atoms with Gasteiger partial charge in [0, 0.05) is 36.7 Å². The van der Waals surface area contributed by atoms with Crippen molar-refractivity contribution in [3.05, 3.63) is 52.6 Å². The highest BCUT2D eigenvalue weighted by molar-refractivity contribution is 6.88. The highest BCUT2D eigenvalue weighted by atomic mass is 28.3. The van der Waals surface area contributed by atoms with E-state index in [9.17, 15) is 23.2 Å². The van der Waals surface area contributed by atoms with Gasteiger partial charge in [-0.25, -0.2) is 8.78 Å². The molecule has 36 heavy (non-hydrogen) atoms. The van der Waals surface area contributed by atoms with E-state index in [-0.39, 0.29) is 42.5 Å². The Kier molecular flexibility index (Phi) is 7.28. The van der Waals surface area contributed by atoms with Crippen LogP contribution < -0.4 is 20.6 Å². The summed E-state index contributed by atoms with van der Waals surface area (Å²) in [6, 6.07) is 5.09. The third kappa shape index (κ3) is 5.34. The van der Waals surface area contributed by atoms with Crippen LogP contribution in [0.3, 0.4) is 0 Å². The Morgan fingerprint density at radius 1 is 1.08 bits per heavy atom. The number of carbonyl (C=O) groups excluding carboxylic acids is 2. The van der Waals surface area contributed by atoms with Crippen molar-refractivity contribution in [1.82, 2.24) is 5.32 Å². The van der Waals surface area contributed by atoms with E-state index in [1.165, 1.54) is 0 Å². The number of carboxylic acids is 1. The van der Waals surface area contributed by atoms with Crippen molar-refractivity contribution < 1.29 is 33.0 Å². The molecular formula is C26H30F2N2O5Si. The van der Waals surface area contributed by atoms with E-state index in [1.807, 2.05) is 25.7 Å². The maximum Gasteiger partial charge on any atom is 0.303 e. The number of aliphatic carboxylic acids is 1. The van der Waals surface area contributed by atoms with Crippen LogP contribution >= 0.6 is 0 Å². The molecule has 10 heteroatoms. The van der Waals surface area contributed by atoms with Crippen LogP contribution in [0.1, 0.15) is 47.9 Å². The van der Waals surface area contributed by atoms with E-state index in [0.717, 1.165) is 17.7 Å². The van der Waals surface area contributed by atoms with Crippen molar-refractivity contribution in [3.63, 3.8) is 0 Å². The second-order valence-corrected chi connectivity index (χ2v) is 15.3. The molecular weight excluding hydrogens is 486 g/mol. The molecule has 0 fully saturated rings. The fourth-order valence-electron chi connectivity index (χ4n) is 4.95. The van der Waals surface area contributed by atoms with Crippen molar-refractivity contribution in [2.75, 3.05) is 18.5 Å². The van der Waals surface area contributed by atoms with Gasteiger partial charge in [-0.05, 0) is 47.4 Å². The lowest BCUT2D eigenvalue weighted by atomic mass is 9.81. The molecule has 0 bridgehead atoms. The molecule has 2 atom stereocenters. The fourth-order valence-corrected chi connectivity index (χ4v) is 6.53. The normalized spacial score (nSPS) is 18.7. The molecule has 2 aliphatic rings. The Hall–Kier alpha value is -3.11. The van der Waals surface area contributed by atoms with Gasteiger partial charge in [-0.15, -0.1) is 0 Å². The number of nitrogens with one attached hydrogen (secondary N) is 2. The van der Waals surface area contributed by atoms with E-state index in [4.69, 9.17) is 9.84 Å². The van der Waals surface area contributed by atoms with E-state index in [0.29, 0.717) is 29.9 Å². The van der Waals surface area contributed by atoms with Crippen LogP contribution in [-0.4, -0.2) is 44.0 Å². The number of hydrogen-bond acceptors (Lipinski definition) is 5. The van der Waals surface area contributed by atoms with Crippen LogP contribution in [0.2, 0.25) is 19.6 Å². The lowest BCUT2D eigenvalue weighted by molar-refractivity contribution is -0.137. The van der Waals surface area contributed by atoms with Crippen LogP contribution in [-0.2, 0) is 20.8 Å². The number of carboxylic acid groups (broad SMARTS) is 1. The molecule has 1 amide bonds. The molecule has 2 aromatic rings. The summed E-state index contributed by atoms with van der Waals surface area (Å²) in [6.07, 6.45) is 0.911. The smallest absolute Gasteiger partial charge is 0.303 e. The van der Waals surface area contributed by atoms with Crippen LogP contribution in [0.15, 0.2) is 24.3 Å². The highest BCUT2D eigenvalue weighted by Crippen LogP contribution is 2.39. The predicted octanol–water partition coefficient (Wildman–Crippen LogP) is 3.64. The van der Waals surface area contributed by atoms with Gasteiger partial charge in [0.15, 0.2) is 0 Å². The standard InChI is InChI=1S/C26H30F2N2O5Si/c1-36(2,3)25-19(27)10-15(11-20(25)28)30-26(34)24-17-9-14-7-8-35-22(14)12-16(17)18(13-29-24)21(31)5-4-6-23(32)33/h9-12,18,24,29H,4-8,13H2,1-3H3,(H,30,34)(H,32,33)/t18?,24-/m1/s1. The molecule has 4 rings (SSSR count). The minimum absolute atomic E-state index is 0.0247. The van der Waals surface area contributed by atoms with Gasteiger partial charge in [0.2, 0.25) is 5.91 Å². The van der Waals surface area contributed by atoms with E-state index in [1.54, 1.807) is 6.07 Å². The lowest BCUT2D eigenvalue weighted by Gasteiger charge is -2.32. The number of halogens is 2. The first-order valence-corrected chi connectivity index (χ1v) is 15.5. The first-order chi connectivity index (χ1) is 17.0. The maximum atomic E-state index is 14.7. The molecule has 0 aliphatic carbocycles. The van der Waals surface area contributed by atoms with Crippen LogP contribution in [0.5, 0.6) is 5.75 Å². The minimum Gasteiger partial charge on any atom is -0.493 e. The number of Topliss-reactive ketones (excluding diaryl/α,β-unsaturated/α-hetero) is 1. The zero-order chi connectivity index (χ0) is 26.2. The second-order valence-electron chi connectivity index (χ2n) is 10.3. The zero-order valence-corrected chi connectivity index (χ0v) is 21.5. The summed E-state index contributed by atoms with van der Waals surface area (Å²) in [5, 5.41) is 14.7. The number of benzene rings is 2. The Morgan fingerprint density at radius 2 is 1.78 bits per heavy atom. The number of fused-ring (bicyclic) bond motifs is 2. The number of ketones is 1. The summed E-state index contributed by atoms with van der Waals surface area (Å²) >= 11 is 0. The SMILES string of the molecule is C[Si](C)(C)c1c(F)cc(NC(=O)[C@@H]2NCC(C(=O)CCCC(=O)O)c3cc4c(cc32)CCO4)cc1F. The first-order valence-electron chi connectivity index (χ1n) is 12.0. The summed E-state index contributed by atoms with van der Waals surface area (Å²) in [5.74, 6) is -2.81. The third-order valence-electron chi connectivity index (χ3n) is 6.63. The molecule has 0 saturated heterocycles. The van der Waals surface area contributed by atoms with Crippen LogP contribution in [0.4, 0.5) is 14.5 Å². The molecule has 192 valence electrons. The van der Waals surface area contributed by atoms with E-state index < -0.39 is 43.5 Å². The largest absolute Gasteiger partial charge is 0.493 e. The Labute approximate surface area is 209 Å². The summed E-state index contributed by atoms with van der Waals surface area (Å²) in [5.41, 5.74) is 2.21. The number of carbonyl (C=O) groups is 3. The first kappa shape index (κ1) is 26.0. The third-order valence-corrected chi connectivity index (χ3v) is 8.61. The Morgan fingerprint density at radius 3 is 2.42 bits per heavy atom. The lowest BCUT2D eigenvalue weighted by Crippen LogP contribution is -2.43. The quantitative estimate of drug-likeness (QED) is 0.463. The molecule has 1 unspecified atom stereocenters. The van der Waals surface area contributed by atoms with Crippen molar-refractivity contribution in [2.45, 2.75) is 57.3 Å². The molecule has 0 spiro atoms. The van der Waals surface area contributed by atoms with Gasteiger partial charge in [0.05, 0.1) is 20.6 Å². The van der Waals surface area contributed by atoms with Crippen LogP contribution in [0.25, 0.3) is 0 Å². The van der Waals surface area contributed by atoms with Crippen molar-refractivity contribution >= 4 is 36.6 Å². The molecule has 3 N–H and O–H groups in total. The van der Waals surface area contributed by atoms with Gasteiger partial charge in [-0.3, -0.25) is 14.4 Å². The highest BCUT2D eigenvalue weighted by Gasteiger charge is 2.36. The van der Waals surface area contributed by atoms with Crippen LogP contribution in [0, 0.1) is 11.6 Å². The second kappa shape index (κ2) is 10.1. The summed E-state index contributed by atoms with van der Waals surface area (Å²) in [7, 11) is -2.26. The number of rotatable bonds is 8. The fraction of sp³-hybridized carbons (Fsp3) is 0.423. The minimum atomic E-state index is -2.26. The van der Waals surface area contributed by atoms with Crippen molar-refractivity contribution in [1.29, 1.82) is 0 Å². The number of hydrogen-bond donors (Lipinski definition) is 3. The van der Waals surface area contributed by atoms with Gasteiger partial charge in [0.1, 0.15) is 29.2 Å². The molecule has 2 aromatic carbocycles. The van der Waals surface area contributed by atoms with Gasteiger partial charge in [-0.2, -0.15) is 0 Å². The molecule has 0 radical (unpaired) electrons. The molecule has 2 aliphatic heterocycles. The van der Waals surface area contributed by atoms with Gasteiger partial charge >= 0.3 is 5.97 Å². The van der Waals surface area contributed by atoms with Gasteiger partial charge < -0.3 is 20.5 Å². The predicted molar refractivity (Wildman–Crippen MR) is 134 cm³/mol. The zero-order valence-electron chi connectivity index (χ0n) is 20.5. The number of amides is 1. The topological polar surface area (TPSA) is 105 Å². The summed E-state index contributed by atoms with van der Waals surface area (Å²) in [4.78, 5) is 37.0. The molecule has 0 aromatic heterocycles. The molecule has 0 saturated carbocycles. The average Bonchev–Trinajstić information content (AvgIpc) is 3.22. The monoisotopic (exact) mass is 516 g/mol. The van der Waals surface area contributed by atoms with Crippen molar-refractivity contribution in [3.8, 4) is 5.75 Å². The Bertz CT molecular complexity index is 1200. The van der Waals surface area contributed by atoms with Gasteiger partial charge in [-0.1, -0.05) is 19.6 Å². The van der Waals surface area contributed by atoms with Crippen molar-refractivity contribution in [2.24, 2.45) is 0 Å². The molecule has 2 heterocycles. The van der Waals surface area contributed by atoms with E-state index >= 15 is 0 Å². The average molecular weight is 517 g/mol. The summed E-state index contributed by atoms with van der Waals surface area (Å²) < 4.78 is 35.1.